The summed E-state index contributed by atoms with van der Waals surface area (Å²) in [6, 6.07) is 4.15. The van der Waals surface area contributed by atoms with Crippen LogP contribution in [0.1, 0.15) is 24.2 Å². The maximum Gasteiger partial charge on any atom is 0.283 e. The first-order chi connectivity index (χ1) is 9.36. The van der Waals surface area contributed by atoms with Gasteiger partial charge in [0.2, 0.25) is 0 Å². The molecule has 7 heteroatoms. The van der Waals surface area contributed by atoms with E-state index in [1.54, 1.807) is 13.2 Å². The number of hydrogen-bond donors (Lipinski definition) is 1. The molecule has 20 heavy (non-hydrogen) atoms. The number of halogens is 1. The van der Waals surface area contributed by atoms with Gasteiger partial charge in [0.1, 0.15) is 5.56 Å². The van der Waals surface area contributed by atoms with Crippen molar-refractivity contribution in [1.82, 2.24) is 5.32 Å². The summed E-state index contributed by atoms with van der Waals surface area (Å²) in [5, 5.41) is 13.8. The van der Waals surface area contributed by atoms with Crippen molar-refractivity contribution >= 4 is 27.5 Å². The van der Waals surface area contributed by atoms with Crippen LogP contribution in [-0.4, -0.2) is 30.6 Å². The van der Waals surface area contributed by atoms with Crippen molar-refractivity contribution in [2.45, 2.75) is 19.9 Å². The number of benzene rings is 1. The first-order valence-electron chi connectivity index (χ1n) is 6.10. The van der Waals surface area contributed by atoms with Crippen LogP contribution in [0, 0.1) is 16.0 Å². The molecule has 1 aromatic rings. The lowest BCUT2D eigenvalue weighted by atomic mass is 10.0. The van der Waals surface area contributed by atoms with Gasteiger partial charge in [-0.25, -0.2) is 0 Å². The van der Waals surface area contributed by atoms with E-state index >= 15 is 0 Å². The number of rotatable bonds is 6. The average Bonchev–Trinajstić information content (AvgIpc) is 2.37. The van der Waals surface area contributed by atoms with Crippen LogP contribution in [0.5, 0.6) is 0 Å². The van der Waals surface area contributed by atoms with E-state index in [0.717, 1.165) is 0 Å². The molecule has 0 unspecified atom stereocenters. The number of amides is 1. The maximum absolute atomic E-state index is 12.2. The topological polar surface area (TPSA) is 81.5 Å². The molecule has 1 atom stereocenters. The van der Waals surface area contributed by atoms with E-state index in [0.29, 0.717) is 11.1 Å². The minimum absolute atomic E-state index is 0.0416. The molecule has 0 aliphatic heterocycles. The summed E-state index contributed by atoms with van der Waals surface area (Å²) < 4.78 is 5.60. The molecule has 0 aromatic heterocycles. The van der Waals surface area contributed by atoms with Gasteiger partial charge in [0.15, 0.2) is 0 Å². The predicted molar refractivity (Wildman–Crippen MR) is 78.8 cm³/mol. The first kappa shape index (κ1) is 16.6. The van der Waals surface area contributed by atoms with Crippen molar-refractivity contribution in [3.63, 3.8) is 0 Å². The fourth-order valence-corrected chi connectivity index (χ4v) is 2.02. The molecule has 0 fully saturated rings. The number of nitrogens with one attached hydrogen (secondary N) is 1. The van der Waals surface area contributed by atoms with E-state index < -0.39 is 10.8 Å². The van der Waals surface area contributed by atoms with Crippen LogP contribution in [0.4, 0.5) is 5.69 Å². The van der Waals surface area contributed by atoms with E-state index in [-0.39, 0.29) is 23.2 Å². The summed E-state index contributed by atoms with van der Waals surface area (Å²) in [7, 11) is 1.55. The minimum atomic E-state index is -0.569. The molecule has 1 rings (SSSR count). The zero-order valence-corrected chi connectivity index (χ0v) is 13.1. The molecular formula is C13H17BrN2O4. The molecule has 110 valence electrons. The number of ether oxygens (including phenoxy) is 1. The average molecular weight is 345 g/mol. The number of carbonyl (C=O) groups is 1. The first-order valence-corrected chi connectivity index (χ1v) is 6.89. The largest absolute Gasteiger partial charge is 0.383 e. The van der Waals surface area contributed by atoms with Gasteiger partial charge in [-0.2, -0.15) is 0 Å². The van der Waals surface area contributed by atoms with Gasteiger partial charge < -0.3 is 10.1 Å². The second-order valence-electron chi connectivity index (χ2n) is 4.70. The summed E-state index contributed by atoms with van der Waals surface area (Å²) in [6.07, 6.45) is 0. The summed E-state index contributed by atoms with van der Waals surface area (Å²) >= 11 is 3.16. The van der Waals surface area contributed by atoms with Crippen molar-refractivity contribution in [2.75, 3.05) is 13.7 Å². The Bertz CT molecular complexity index is 505. The van der Waals surface area contributed by atoms with E-state index in [1.807, 2.05) is 13.8 Å². The van der Waals surface area contributed by atoms with Crippen molar-refractivity contribution in [3.05, 3.63) is 38.3 Å². The second kappa shape index (κ2) is 7.35. The van der Waals surface area contributed by atoms with Crippen molar-refractivity contribution in [3.8, 4) is 0 Å². The highest BCUT2D eigenvalue weighted by molar-refractivity contribution is 9.10. The molecule has 0 heterocycles. The van der Waals surface area contributed by atoms with E-state index in [4.69, 9.17) is 4.74 Å². The van der Waals surface area contributed by atoms with Crippen LogP contribution < -0.4 is 5.32 Å². The normalized spacial score (nSPS) is 12.2. The summed E-state index contributed by atoms with van der Waals surface area (Å²) in [5.74, 6) is -0.312. The van der Waals surface area contributed by atoms with Gasteiger partial charge in [-0.1, -0.05) is 29.8 Å². The van der Waals surface area contributed by atoms with Crippen LogP contribution in [0.15, 0.2) is 22.7 Å². The Morgan fingerprint density at radius 3 is 2.65 bits per heavy atom. The minimum Gasteiger partial charge on any atom is -0.383 e. The van der Waals surface area contributed by atoms with Crippen molar-refractivity contribution in [1.29, 1.82) is 0 Å². The number of nitrogens with zero attached hydrogens (tertiary/aromatic N) is 1. The highest BCUT2D eigenvalue weighted by atomic mass is 79.9. The number of hydrogen-bond acceptors (Lipinski definition) is 4. The van der Waals surface area contributed by atoms with Crippen molar-refractivity contribution < 1.29 is 14.5 Å². The van der Waals surface area contributed by atoms with Gasteiger partial charge >= 0.3 is 0 Å². The molecule has 0 saturated heterocycles. The smallest absolute Gasteiger partial charge is 0.283 e. The summed E-state index contributed by atoms with van der Waals surface area (Å²) in [5.41, 5.74) is -0.184. The Labute approximate surface area is 125 Å². The Morgan fingerprint density at radius 1 is 1.50 bits per heavy atom. The van der Waals surface area contributed by atoms with Crippen LogP contribution in [0.2, 0.25) is 0 Å². The molecule has 1 amide bonds. The molecular weight excluding hydrogens is 328 g/mol. The Balaban J connectivity index is 3.00. The summed E-state index contributed by atoms with van der Waals surface area (Å²) in [4.78, 5) is 22.6. The number of carbonyl (C=O) groups excluding carboxylic acids is 1. The van der Waals surface area contributed by atoms with Crippen LogP contribution >= 0.6 is 15.9 Å². The zero-order valence-electron chi connectivity index (χ0n) is 11.6. The van der Waals surface area contributed by atoms with Crippen molar-refractivity contribution in [2.24, 2.45) is 5.92 Å². The molecule has 6 nitrogen and oxygen atoms in total. The number of nitro benzene ring substituents is 1. The highest BCUT2D eigenvalue weighted by Crippen LogP contribution is 2.23. The van der Waals surface area contributed by atoms with E-state index in [9.17, 15) is 14.9 Å². The third kappa shape index (κ3) is 4.28. The zero-order chi connectivity index (χ0) is 15.3. The van der Waals surface area contributed by atoms with E-state index in [2.05, 4.69) is 21.2 Å². The fourth-order valence-electron chi connectivity index (χ4n) is 1.67. The van der Waals surface area contributed by atoms with Gasteiger partial charge in [0.25, 0.3) is 11.6 Å². The SMILES string of the molecule is COC[C@H](NC(=O)c1ccc(Br)cc1[N+](=O)[O-])C(C)C. The maximum atomic E-state index is 12.2. The highest BCUT2D eigenvalue weighted by Gasteiger charge is 2.23. The van der Waals surface area contributed by atoms with Crippen LogP contribution in [-0.2, 0) is 4.74 Å². The second-order valence-corrected chi connectivity index (χ2v) is 5.61. The predicted octanol–water partition coefficient (Wildman–Crippen LogP) is 2.76. The van der Waals surface area contributed by atoms with Crippen LogP contribution in [0.3, 0.4) is 0 Å². The molecule has 0 bridgehead atoms. The molecule has 1 N–H and O–H groups in total. The number of methoxy groups -OCH3 is 1. The summed E-state index contributed by atoms with van der Waals surface area (Å²) in [6.45, 7) is 4.24. The Hall–Kier alpha value is -1.47. The Kier molecular flexibility index (Phi) is 6.09. The number of nitro groups is 1. The van der Waals surface area contributed by atoms with Gasteiger partial charge in [-0.3, -0.25) is 14.9 Å². The molecule has 0 aliphatic rings. The monoisotopic (exact) mass is 344 g/mol. The lowest BCUT2D eigenvalue weighted by Crippen LogP contribution is -2.41. The van der Waals surface area contributed by atoms with Crippen LogP contribution in [0.25, 0.3) is 0 Å². The van der Waals surface area contributed by atoms with Gasteiger partial charge in [0, 0.05) is 17.6 Å². The van der Waals surface area contributed by atoms with Gasteiger partial charge in [-0.05, 0) is 18.1 Å². The lowest BCUT2D eigenvalue weighted by Gasteiger charge is -2.21. The molecule has 0 spiro atoms. The molecule has 0 aliphatic carbocycles. The molecule has 0 saturated carbocycles. The quantitative estimate of drug-likeness (QED) is 0.635. The third-order valence-electron chi connectivity index (χ3n) is 2.87. The fraction of sp³-hybridized carbons (Fsp3) is 0.462. The molecule has 0 radical (unpaired) electrons. The molecule has 1 aromatic carbocycles. The lowest BCUT2D eigenvalue weighted by molar-refractivity contribution is -0.385. The third-order valence-corrected chi connectivity index (χ3v) is 3.36. The Morgan fingerprint density at radius 2 is 2.15 bits per heavy atom. The van der Waals surface area contributed by atoms with E-state index in [1.165, 1.54) is 12.1 Å². The van der Waals surface area contributed by atoms with Gasteiger partial charge in [-0.15, -0.1) is 0 Å². The standard InChI is InChI=1S/C13H17BrN2O4/c1-8(2)11(7-20-3)15-13(17)10-5-4-9(14)6-12(10)16(18)19/h4-6,8,11H,7H2,1-3H3,(H,15,17)/t11-/m0/s1. The van der Waals surface area contributed by atoms with Gasteiger partial charge in [0.05, 0.1) is 17.6 Å².